The predicted octanol–water partition coefficient (Wildman–Crippen LogP) is 4.07. The van der Waals surface area contributed by atoms with Crippen LogP contribution >= 0.6 is 0 Å². The summed E-state index contributed by atoms with van der Waals surface area (Å²) in [5, 5.41) is 0. The van der Waals surface area contributed by atoms with Gasteiger partial charge in [0.15, 0.2) is 5.67 Å². The highest BCUT2D eigenvalue weighted by molar-refractivity contribution is 6.04. The van der Waals surface area contributed by atoms with E-state index in [0.29, 0.717) is 12.0 Å². The Labute approximate surface area is 118 Å². The number of fused-ring (bicyclic) bond motifs is 1. The monoisotopic (exact) mass is 268 g/mol. The maximum atomic E-state index is 15.1. The molecular formula is C18H17FO. The fraction of sp³-hybridized carbons (Fsp3) is 0.278. The van der Waals surface area contributed by atoms with Gasteiger partial charge in [-0.05, 0) is 30.9 Å². The van der Waals surface area contributed by atoms with E-state index in [1.165, 1.54) is 0 Å². The minimum absolute atomic E-state index is 0.167. The van der Waals surface area contributed by atoms with Gasteiger partial charge in [-0.15, -0.1) is 0 Å². The van der Waals surface area contributed by atoms with Crippen LogP contribution < -0.4 is 0 Å². The first-order chi connectivity index (χ1) is 9.58. The number of halogens is 1. The van der Waals surface area contributed by atoms with Crippen molar-refractivity contribution in [3.05, 3.63) is 70.8 Å². The van der Waals surface area contributed by atoms with Crippen molar-refractivity contribution in [1.82, 2.24) is 0 Å². The van der Waals surface area contributed by atoms with Gasteiger partial charge in [0.25, 0.3) is 0 Å². The molecule has 1 aliphatic carbocycles. The van der Waals surface area contributed by atoms with Crippen molar-refractivity contribution < 1.29 is 9.18 Å². The molecule has 0 radical (unpaired) electrons. The zero-order chi connectivity index (χ0) is 14.2. The highest BCUT2D eigenvalue weighted by Gasteiger charge is 2.42. The first kappa shape index (κ1) is 13.0. The molecule has 0 aromatic heterocycles. The van der Waals surface area contributed by atoms with Crippen LogP contribution in [0.3, 0.4) is 0 Å². The average Bonchev–Trinajstić information content (AvgIpc) is 2.46. The van der Waals surface area contributed by atoms with Crippen LogP contribution in [0, 0.1) is 6.92 Å². The minimum atomic E-state index is -1.76. The molecular weight excluding hydrogens is 251 g/mol. The van der Waals surface area contributed by atoms with Crippen LogP contribution in [0.1, 0.15) is 33.5 Å². The van der Waals surface area contributed by atoms with Crippen molar-refractivity contribution in [2.24, 2.45) is 0 Å². The number of hydrogen-bond acceptors (Lipinski definition) is 1. The Morgan fingerprint density at radius 2 is 1.80 bits per heavy atom. The number of hydrogen-bond donors (Lipinski definition) is 0. The summed E-state index contributed by atoms with van der Waals surface area (Å²) in [5.74, 6) is -0.361. The van der Waals surface area contributed by atoms with Crippen LogP contribution in [0.15, 0.2) is 48.5 Å². The van der Waals surface area contributed by atoms with Crippen molar-refractivity contribution in [3.63, 3.8) is 0 Å². The van der Waals surface area contributed by atoms with Crippen molar-refractivity contribution in [3.8, 4) is 0 Å². The summed E-state index contributed by atoms with van der Waals surface area (Å²) in [6.07, 6.45) is 1.07. The van der Waals surface area contributed by atoms with Gasteiger partial charge in [0.2, 0.25) is 5.78 Å². The van der Waals surface area contributed by atoms with E-state index in [9.17, 15) is 4.79 Å². The maximum Gasteiger partial charge on any atom is 0.200 e. The molecule has 2 heteroatoms. The van der Waals surface area contributed by atoms with E-state index in [4.69, 9.17) is 0 Å². The molecule has 3 rings (SSSR count). The second-order valence-corrected chi connectivity index (χ2v) is 5.61. The number of Topliss-reactive ketones (excluding diaryl/α,β-unsaturated/α-hetero) is 1. The van der Waals surface area contributed by atoms with Gasteiger partial charge in [-0.2, -0.15) is 0 Å². The zero-order valence-electron chi connectivity index (χ0n) is 11.5. The standard InChI is InChI=1S/C18H17FO/c1-13-6-8-14(9-7-13)12-18(19)11-10-15-4-2-3-5-16(15)17(18)20/h2-9H,10-12H2,1H3/t18-/m0/s1. The van der Waals surface area contributed by atoms with E-state index in [1.807, 2.05) is 43.3 Å². The van der Waals surface area contributed by atoms with Crippen LogP contribution in [0.2, 0.25) is 0 Å². The number of carbonyl (C=O) groups excluding carboxylic acids is 1. The van der Waals surface area contributed by atoms with E-state index >= 15 is 4.39 Å². The topological polar surface area (TPSA) is 17.1 Å². The molecule has 20 heavy (non-hydrogen) atoms. The molecule has 0 unspecified atom stereocenters. The molecule has 0 amide bonds. The Morgan fingerprint density at radius 3 is 2.55 bits per heavy atom. The molecule has 0 spiro atoms. The van der Waals surface area contributed by atoms with E-state index in [0.717, 1.165) is 16.7 Å². The van der Waals surface area contributed by atoms with Crippen molar-refractivity contribution in [2.75, 3.05) is 0 Å². The summed E-state index contributed by atoms with van der Waals surface area (Å²) < 4.78 is 15.1. The first-order valence-corrected chi connectivity index (χ1v) is 6.96. The lowest BCUT2D eigenvalue weighted by Crippen LogP contribution is -2.40. The van der Waals surface area contributed by atoms with Gasteiger partial charge in [0.1, 0.15) is 0 Å². The first-order valence-electron chi connectivity index (χ1n) is 6.96. The van der Waals surface area contributed by atoms with Crippen molar-refractivity contribution in [1.29, 1.82) is 0 Å². The smallest absolute Gasteiger partial charge is 0.200 e. The normalized spacial score (nSPS) is 21.6. The number of carbonyl (C=O) groups is 1. The number of alkyl halides is 1. The van der Waals surface area contributed by atoms with Gasteiger partial charge in [-0.3, -0.25) is 4.79 Å². The Kier molecular flexibility index (Phi) is 3.17. The van der Waals surface area contributed by atoms with Crippen LogP contribution in [-0.2, 0) is 12.8 Å². The van der Waals surface area contributed by atoms with E-state index in [1.54, 1.807) is 12.1 Å². The van der Waals surface area contributed by atoms with E-state index < -0.39 is 5.67 Å². The van der Waals surface area contributed by atoms with Crippen LogP contribution in [0.25, 0.3) is 0 Å². The second kappa shape index (κ2) is 4.86. The quantitative estimate of drug-likeness (QED) is 0.802. The summed E-state index contributed by atoms with van der Waals surface area (Å²) in [6, 6.07) is 15.1. The largest absolute Gasteiger partial charge is 0.291 e. The SMILES string of the molecule is Cc1ccc(C[C@@]2(F)CCc3ccccc3C2=O)cc1. The van der Waals surface area contributed by atoms with E-state index in [-0.39, 0.29) is 18.6 Å². The molecule has 0 fully saturated rings. The maximum absolute atomic E-state index is 15.1. The fourth-order valence-electron chi connectivity index (χ4n) is 2.85. The molecule has 2 aromatic rings. The highest BCUT2D eigenvalue weighted by atomic mass is 19.1. The fourth-order valence-corrected chi connectivity index (χ4v) is 2.85. The number of rotatable bonds is 2. The molecule has 0 bridgehead atoms. The molecule has 1 nitrogen and oxygen atoms in total. The number of aryl methyl sites for hydroxylation is 2. The Hall–Kier alpha value is -1.96. The lowest BCUT2D eigenvalue weighted by Gasteiger charge is -2.29. The number of ketones is 1. The lowest BCUT2D eigenvalue weighted by molar-refractivity contribution is 0.0637. The molecule has 0 heterocycles. The van der Waals surface area contributed by atoms with Gasteiger partial charge in [0.05, 0.1) is 0 Å². The molecule has 0 saturated carbocycles. The van der Waals surface area contributed by atoms with Gasteiger partial charge in [-0.25, -0.2) is 4.39 Å². The third-order valence-corrected chi connectivity index (χ3v) is 4.06. The third-order valence-electron chi connectivity index (χ3n) is 4.06. The molecule has 0 saturated heterocycles. The third kappa shape index (κ3) is 2.26. The lowest BCUT2D eigenvalue weighted by atomic mass is 9.77. The summed E-state index contributed by atoms with van der Waals surface area (Å²) in [5.41, 5.74) is 1.78. The summed E-state index contributed by atoms with van der Waals surface area (Å²) in [7, 11) is 0. The molecule has 1 atom stereocenters. The second-order valence-electron chi connectivity index (χ2n) is 5.61. The molecule has 1 aliphatic rings. The highest BCUT2D eigenvalue weighted by Crippen LogP contribution is 2.34. The summed E-state index contributed by atoms with van der Waals surface area (Å²) in [4.78, 5) is 12.4. The van der Waals surface area contributed by atoms with Crippen LogP contribution in [-0.4, -0.2) is 11.5 Å². The van der Waals surface area contributed by atoms with E-state index in [2.05, 4.69) is 0 Å². The minimum Gasteiger partial charge on any atom is -0.291 e. The number of benzene rings is 2. The van der Waals surface area contributed by atoms with Crippen molar-refractivity contribution in [2.45, 2.75) is 31.9 Å². The van der Waals surface area contributed by atoms with Gasteiger partial charge in [0, 0.05) is 12.0 Å². The van der Waals surface area contributed by atoms with Crippen molar-refractivity contribution >= 4 is 5.78 Å². The predicted molar refractivity (Wildman–Crippen MR) is 77.8 cm³/mol. The molecule has 2 aromatic carbocycles. The molecule has 0 N–H and O–H groups in total. The molecule has 102 valence electrons. The van der Waals surface area contributed by atoms with Gasteiger partial charge < -0.3 is 0 Å². The van der Waals surface area contributed by atoms with Crippen LogP contribution in [0.4, 0.5) is 4.39 Å². The Bertz CT molecular complexity index is 645. The molecule has 0 aliphatic heterocycles. The summed E-state index contributed by atoms with van der Waals surface area (Å²) >= 11 is 0. The Morgan fingerprint density at radius 1 is 1.10 bits per heavy atom. The zero-order valence-corrected chi connectivity index (χ0v) is 11.5. The average molecular weight is 268 g/mol. The van der Waals surface area contributed by atoms with Gasteiger partial charge >= 0.3 is 0 Å². The van der Waals surface area contributed by atoms with Gasteiger partial charge in [-0.1, -0.05) is 54.1 Å². The van der Waals surface area contributed by atoms with Crippen LogP contribution in [0.5, 0.6) is 0 Å². The summed E-state index contributed by atoms with van der Waals surface area (Å²) in [6.45, 7) is 2.00. The Balaban J connectivity index is 1.90.